The molecule has 5 rings (SSSR count). The number of carbonyl (C=O) groups is 1. The summed E-state index contributed by atoms with van der Waals surface area (Å²) in [5, 5.41) is 0. The van der Waals surface area contributed by atoms with Crippen LogP contribution in [-0.2, 0) is 24.5 Å². The summed E-state index contributed by atoms with van der Waals surface area (Å²) >= 11 is 0. The zero-order valence-corrected chi connectivity index (χ0v) is 20.3. The standard InChI is InChI=1S/C29H33N3O3/c1-34-28-16-23(9-11-27(28)35-21-22-6-3-2-4-7-22)18-31-15-13-26-25(20-31)10-12-29(33)32(26)19-24-8-5-14-30-17-24/h2-9,11,14,16-17,25-26H,10,12-13,15,18-21H2,1H3/t25-,26+/m1/s1. The first-order chi connectivity index (χ1) is 17.2. The van der Waals surface area contributed by atoms with Gasteiger partial charge in [-0.15, -0.1) is 0 Å². The van der Waals surface area contributed by atoms with Crippen molar-refractivity contribution < 1.29 is 14.3 Å². The lowest BCUT2D eigenvalue weighted by Gasteiger charge is -2.47. The van der Waals surface area contributed by atoms with Gasteiger partial charge in [-0.05, 0) is 53.6 Å². The molecular weight excluding hydrogens is 438 g/mol. The van der Waals surface area contributed by atoms with Crippen LogP contribution < -0.4 is 9.47 Å². The van der Waals surface area contributed by atoms with Gasteiger partial charge in [0, 0.05) is 51.0 Å². The van der Waals surface area contributed by atoms with E-state index in [2.05, 4.69) is 45.1 Å². The average Bonchev–Trinajstić information content (AvgIpc) is 2.90. The van der Waals surface area contributed by atoms with Crippen LogP contribution >= 0.6 is 0 Å². The molecular formula is C29H33N3O3. The third kappa shape index (κ3) is 5.65. The maximum atomic E-state index is 12.7. The zero-order chi connectivity index (χ0) is 24.0. The molecule has 2 aromatic carbocycles. The van der Waals surface area contributed by atoms with Gasteiger partial charge in [-0.25, -0.2) is 0 Å². The summed E-state index contributed by atoms with van der Waals surface area (Å²) in [5.74, 6) is 2.31. The molecule has 2 fully saturated rings. The second-order valence-electron chi connectivity index (χ2n) is 9.53. The summed E-state index contributed by atoms with van der Waals surface area (Å²) in [6.07, 6.45) is 6.26. The van der Waals surface area contributed by atoms with Crippen molar-refractivity contribution >= 4 is 5.91 Å². The van der Waals surface area contributed by atoms with E-state index >= 15 is 0 Å². The molecule has 2 aliphatic heterocycles. The number of hydrogen-bond donors (Lipinski definition) is 0. The van der Waals surface area contributed by atoms with Crippen molar-refractivity contribution in [3.8, 4) is 11.5 Å². The quantitative estimate of drug-likeness (QED) is 0.477. The van der Waals surface area contributed by atoms with Gasteiger partial charge in [0.25, 0.3) is 0 Å². The summed E-state index contributed by atoms with van der Waals surface area (Å²) in [4.78, 5) is 21.6. The number of hydrogen-bond acceptors (Lipinski definition) is 5. The van der Waals surface area contributed by atoms with Gasteiger partial charge >= 0.3 is 0 Å². The van der Waals surface area contributed by atoms with Gasteiger partial charge in [-0.2, -0.15) is 0 Å². The van der Waals surface area contributed by atoms with Crippen LogP contribution in [0.2, 0.25) is 0 Å². The van der Waals surface area contributed by atoms with Crippen molar-refractivity contribution in [2.24, 2.45) is 5.92 Å². The highest BCUT2D eigenvalue weighted by molar-refractivity contribution is 5.77. The van der Waals surface area contributed by atoms with Crippen molar-refractivity contribution in [1.82, 2.24) is 14.8 Å². The van der Waals surface area contributed by atoms with E-state index in [1.165, 1.54) is 5.56 Å². The fourth-order valence-corrected chi connectivity index (χ4v) is 5.39. The topological polar surface area (TPSA) is 54.9 Å². The number of piperidine rings is 2. The molecule has 0 aliphatic carbocycles. The molecule has 2 atom stereocenters. The Hall–Kier alpha value is -3.38. The minimum Gasteiger partial charge on any atom is -0.493 e. The Labute approximate surface area is 207 Å². The highest BCUT2D eigenvalue weighted by Crippen LogP contribution is 2.34. The van der Waals surface area contributed by atoms with Gasteiger partial charge in [-0.3, -0.25) is 14.7 Å². The van der Waals surface area contributed by atoms with E-state index in [9.17, 15) is 4.79 Å². The summed E-state index contributed by atoms with van der Waals surface area (Å²) in [5.41, 5.74) is 3.45. The van der Waals surface area contributed by atoms with Gasteiger partial charge in [0.2, 0.25) is 5.91 Å². The summed E-state index contributed by atoms with van der Waals surface area (Å²) in [7, 11) is 1.69. The molecule has 0 saturated carbocycles. The van der Waals surface area contributed by atoms with Crippen molar-refractivity contribution in [2.45, 2.75) is 45.0 Å². The van der Waals surface area contributed by atoms with Crippen molar-refractivity contribution in [3.05, 3.63) is 89.7 Å². The molecule has 2 aliphatic rings. The van der Waals surface area contributed by atoms with E-state index in [0.29, 0.717) is 31.5 Å². The average molecular weight is 472 g/mol. The third-order valence-corrected chi connectivity index (χ3v) is 7.17. The number of nitrogens with zero attached hydrogens (tertiary/aromatic N) is 3. The van der Waals surface area contributed by atoms with E-state index in [1.807, 2.05) is 36.5 Å². The van der Waals surface area contributed by atoms with Gasteiger partial charge in [-0.1, -0.05) is 42.5 Å². The van der Waals surface area contributed by atoms with Gasteiger partial charge in [0.1, 0.15) is 6.61 Å². The molecule has 1 amide bonds. The maximum Gasteiger partial charge on any atom is 0.223 e. The fourth-order valence-electron chi connectivity index (χ4n) is 5.39. The second kappa shape index (κ2) is 10.9. The molecule has 0 N–H and O–H groups in total. The van der Waals surface area contributed by atoms with E-state index < -0.39 is 0 Å². The number of aromatic nitrogens is 1. The molecule has 0 spiro atoms. The first-order valence-electron chi connectivity index (χ1n) is 12.4. The van der Waals surface area contributed by atoms with Crippen molar-refractivity contribution in [3.63, 3.8) is 0 Å². The van der Waals surface area contributed by atoms with Crippen LogP contribution in [0, 0.1) is 5.92 Å². The predicted octanol–water partition coefficient (Wildman–Crippen LogP) is 4.68. The summed E-state index contributed by atoms with van der Waals surface area (Å²) in [6, 6.07) is 20.7. The molecule has 35 heavy (non-hydrogen) atoms. The lowest BCUT2D eigenvalue weighted by molar-refractivity contribution is -0.142. The van der Waals surface area contributed by atoms with Crippen LogP contribution in [-0.4, -0.2) is 46.9 Å². The third-order valence-electron chi connectivity index (χ3n) is 7.17. The first-order valence-corrected chi connectivity index (χ1v) is 12.4. The maximum absolute atomic E-state index is 12.7. The summed E-state index contributed by atoms with van der Waals surface area (Å²) in [6.45, 7) is 4.03. The lowest BCUT2D eigenvalue weighted by Crippen LogP contribution is -2.55. The second-order valence-corrected chi connectivity index (χ2v) is 9.53. The van der Waals surface area contributed by atoms with Crippen molar-refractivity contribution in [2.75, 3.05) is 20.2 Å². The molecule has 6 heteroatoms. The number of ether oxygens (including phenoxy) is 2. The molecule has 3 heterocycles. The molecule has 3 aromatic rings. The van der Waals surface area contributed by atoms with Gasteiger partial charge < -0.3 is 14.4 Å². The van der Waals surface area contributed by atoms with Crippen molar-refractivity contribution in [1.29, 1.82) is 0 Å². The molecule has 1 aromatic heterocycles. The van der Waals surface area contributed by atoms with Crippen LogP contribution in [0.3, 0.4) is 0 Å². The van der Waals surface area contributed by atoms with E-state index in [-0.39, 0.29) is 5.91 Å². The van der Waals surface area contributed by atoms with Gasteiger partial charge in [0.15, 0.2) is 11.5 Å². The Balaban J connectivity index is 1.20. The molecule has 6 nitrogen and oxygen atoms in total. The Kier molecular flexibility index (Phi) is 7.28. The highest BCUT2D eigenvalue weighted by Gasteiger charge is 2.39. The Bertz CT molecular complexity index is 1120. The molecule has 182 valence electrons. The predicted molar refractivity (Wildman–Crippen MR) is 135 cm³/mol. The Morgan fingerprint density at radius 2 is 1.80 bits per heavy atom. The first kappa shape index (κ1) is 23.4. The number of methoxy groups -OCH3 is 1. The number of amides is 1. The normalized spacial score (nSPS) is 20.4. The highest BCUT2D eigenvalue weighted by atomic mass is 16.5. The number of pyridine rings is 1. The van der Waals surface area contributed by atoms with Crippen LogP contribution in [0.5, 0.6) is 11.5 Å². The van der Waals surface area contributed by atoms with Crippen LogP contribution in [0.1, 0.15) is 36.0 Å². The van der Waals surface area contributed by atoms with E-state index in [0.717, 1.165) is 55.1 Å². The van der Waals surface area contributed by atoms with E-state index in [4.69, 9.17) is 9.47 Å². The smallest absolute Gasteiger partial charge is 0.223 e. The monoisotopic (exact) mass is 471 g/mol. The molecule has 0 unspecified atom stereocenters. The largest absolute Gasteiger partial charge is 0.493 e. The number of carbonyl (C=O) groups excluding carboxylic acids is 1. The number of benzene rings is 2. The van der Waals surface area contributed by atoms with E-state index in [1.54, 1.807) is 13.3 Å². The minimum atomic E-state index is 0.277. The Morgan fingerprint density at radius 1 is 0.943 bits per heavy atom. The molecule has 0 radical (unpaired) electrons. The number of likely N-dealkylation sites (tertiary alicyclic amines) is 2. The number of fused-ring (bicyclic) bond motifs is 1. The lowest BCUT2D eigenvalue weighted by atomic mass is 9.83. The minimum absolute atomic E-state index is 0.277. The fraction of sp³-hybridized carbons (Fsp3) is 0.379. The zero-order valence-electron chi connectivity index (χ0n) is 20.3. The Morgan fingerprint density at radius 3 is 2.60 bits per heavy atom. The van der Waals surface area contributed by atoms with Gasteiger partial charge in [0.05, 0.1) is 7.11 Å². The van der Waals surface area contributed by atoms with Crippen LogP contribution in [0.4, 0.5) is 0 Å². The summed E-state index contributed by atoms with van der Waals surface area (Å²) < 4.78 is 11.7. The molecule has 2 saturated heterocycles. The number of rotatable bonds is 8. The molecule has 0 bridgehead atoms. The van der Waals surface area contributed by atoms with Crippen LogP contribution in [0.25, 0.3) is 0 Å². The SMILES string of the molecule is COc1cc(CN2CC[C@H]3[C@H](CCC(=O)N3Cc3cccnc3)C2)ccc1OCc1ccccc1. The van der Waals surface area contributed by atoms with Crippen LogP contribution in [0.15, 0.2) is 73.1 Å².